The van der Waals surface area contributed by atoms with Crippen LogP contribution in [0.2, 0.25) is 0 Å². The number of sulfonamides is 1. The average molecular weight is 296 g/mol. The van der Waals surface area contributed by atoms with E-state index in [2.05, 4.69) is 9.71 Å². The largest absolute Gasteiger partial charge is 0.480 e. The number of amidine groups is 1. The van der Waals surface area contributed by atoms with Gasteiger partial charge in [-0.3, -0.25) is 9.71 Å². The summed E-state index contributed by atoms with van der Waals surface area (Å²) in [4.78, 5) is 15.4. The summed E-state index contributed by atoms with van der Waals surface area (Å²) < 4.78 is 26.1. The fraction of sp³-hybridized carbons (Fsp3) is 0.385. The quantitative estimate of drug-likeness (QED) is 0.857. The number of hydrogen-bond donors (Lipinski definition) is 2. The predicted molar refractivity (Wildman–Crippen MR) is 74.2 cm³/mol. The number of fused-ring (bicyclic) bond motifs is 1. The Kier molecular flexibility index (Phi) is 4.08. The van der Waals surface area contributed by atoms with Gasteiger partial charge in [-0.2, -0.15) is 0 Å². The third kappa shape index (κ3) is 2.82. The molecule has 1 aromatic rings. The Balaban J connectivity index is 2.38. The minimum atomic E-state index is -3.62. The fourth-order valence-electron chi connectivity index (χ4n) is 2.03. The number of carboxylic acids is 1. The molecule has 0 radical (unpaired) electrons. The molecule has 2 rings (SSSR count). The van der Waals surface area contributed by atoms with E-state index in [0.717, 1.165) is 12.8 Å². The van der Waals surface area contributed by atoms with E-state index in [1.807, 2.05) is 6.92 Å². The summed E-state index contributed by atoms with van der Waals surface area (Å²) in [5.74, 6) is -0.932. The van der Waals surface area contributed by atoms with E-state index in [1.165, 1.54) is 6.07 Å². The molecule has 6 nitrogen and oxygen atoms in total. The van der Waals surface area contributed by atoms with Crippen molar-refractivity contribution >= 4 is 21.8 Å². The molecule has 0 bridgehead atoms. The fourth-order valence-corrected chi connectivity index (χ4v) is 3.27. The second-order valence-corrected chi connectivity index (χ2v) is 6.23. The summed E-state index contributed by atoms with van der Waals surface area (Å²) in [5, 5.41) is 9.15. The van der Waals surface area contributed by atoms with Gasteiger partial charge in [0.05, 0.1) is 4.90 Å². The van der Waals surface area contributed by atoms with Crippen LogP contribution in [0.3, 0.4) is 0 Å². The van der Waals surface area contributed by atoms with E-state index in [-0.39, 0.29) is 10.7 Å². The molecule has 0 amide bonds. The molecule has 1 aliphatic rings. The van der Waals surface area contributed by atoms with E-state index in [9.17, 15) is 13.2 Å². The summed E-state index contributed by atoms with van der Waals surface area (Å²) in [5.41, 5.74) is 0.426. The molecule has 2 N–H and O–H groups in total. The van der Waals surface area contributed by atoms with Gasteiger partial charge >= 0.3 is 5.97 Å². The lowest BCUT2D eigenvalue weighted by molar-refractivity contribution is -0.138. The number of carboxylic acid groups (broad SMARTS) is 1. The van der Waals surface area contributed by atoms with Crippen LogP contribution in [0.5, 0.6) is 0 Å². The molecule has 1 aromatic carbocycles. The molecule has 0 saturated heterocycles. The van der Waals surface area contributed by atoms with Crippen LogP contribution in [0.4, 0.5) is 0 Å². The van der Waals surface area contributed by atoms with Crippen LogP contribution in [0.15, 0.2) is 34.2 Å². The highest BCUT2D eigenvalue weighted by Gasteiger charge is 2.31. The smallest absolute Gasteiger partial charge is 0.328 e. The van der Waals surface area contributed by atoms with Crippen molar-refractivity contribution in [3.63, 3.8) is 0 Å². The van der Waals surface area contributed by atoms with Gasteiger partial charge in [0.15, 0.2) is 0 Å². The number of aliphatic carboxylic acids is 1. The van der Waals surface area contributed by atoms with Gasteiger partial charge in [-0.15, -0.1) is 0 Å². The van der Waals surface area contributed by atoms with Gasteiger partial charge in [0.2, 0.25) is 0 Å². The first-order valence-electron chi connectivity index (χ1n) is 6.38. The van der Waals surface area contributed by atoms with Crippen LogP contribution >= 0.6 is 0 Å². The Bertz CT molecular complexity index is 652. The van der Waals surface area contributed by atoms with Crippen LogP contribution < -0.4 is 4.72 Å². The first kappa shape index (κ1) is 14.5. The highest BCUT2D eigenvalue weighted by Crippen LogP contribution is 2.23. The maximum absolute atomic E-state index is 11.9. The SMILES string of the molecule is CCCC[C@H](N=C1NS(=O)(=O)c2ccccc21)C(=O)O. The van der Waals surface area contributed by atoms with Crippen LogP contribution in [0, 0.1) is 0 Å². The van der Waals surface area contributed by atoms with Gasteiger partial charge in [0.1, 0.15) is 11.9 Å². The van der Waals surface area contributed by atoms with E-state index in [0.29, 0.717) is 12.0 Å². The number of benzene rings is 1. The van der Waals surface area contributed by atoms with Crippen molar-refractivity contribution in [2.75, 3.05) is 0 Å². The molecule has 0 aliphatic carbocycles. The normalized spacial score (nSPS) is 19.4. The molecule has 1 aliphatic heterocycles. The molecule has 108 valence electrons. The Morgan fingerprint density at radius 2 is 2.10 bits per heavy atom. The molecule has 7 heteroatoms. The molecule has 1 heterocycles. The number of hydrogen-bond acceptors (Lipinski definition) is 4. The van der Waals surface area contributed by atoms with E-state index in [4.69, 9.17) is 5.11 Å². The molecular weight excluding hydrogens is 280 g/mol. The first-order valence-corrected chi connectivity index (χ1v) is 7.87. The van der Waals surface area contributed by atoms with Crippen LogP contribution in [0.25, 0.3) is 0 Å². The number of carbonyl (C=O) groups is 1. The molecular formula is C13H16N2O4S. The van der Waals surface area contributed by atoms with E-state index < -0.39 is 22.0 Å². The molecule has 1 atom stereocenters. The average Bonchev–Trinajstić information content (AvgIpc) is 2.66. The van der Waals surface area contributed by atoms with E-state index >= 15 is 0 Å². The summed E-state index contributed by atoms with van der Waals surface area (Å²) in [6.45, 7) is 1.96. The number of rotatable bonds is 5. The summed E-state index contributed by atoms with van der Waals surface area (Å²) in [6.07, 6.45) is 1.97. The molecule has 0 aromatic heterocycles. The van der Waals surface area contributed by atoms with Gasteiger partial charge in [0, 0.05) is 5.56 Å². The lowest BCUT2D eigenvalue weighted by atomic mass is 10.1. The molecule has 0 spiro atoms. The zero-order valence-electron chi connectivity index (χ0n) is 11.0. The Labute approximate surface area is 117 Å². The molecule has 0 unspecified atom stereocenters. The number of nitrogens with one attached hydrogen (secondary N) is 1. The van der Waals surface area contributed by atoms with Crippen LogP contribution in [0.1, 0.15) is 31.7 Å². The zero-order chi connectivity index (χ0) is 14.8. The summed E-state index contributed by atoms with van der Waals surface area (Å²) >= 11 is 0. The second-order valence-electron chi connectivity index (χ2n) is 4.58. The highest BCUT2D eigenvalue weighted by atomic mass is 32.2. The number of unbranched alkanes of at least 4 members (excludes halogenated alkanes) is 1. The van der Waals surface area contributed by atoms with Gasteiger partial charge < -0.3 is 5.11 Å². The third-order valence-electron chi connectivity index (χ3n) is 3.06. The highest BCUT2D eigenvalue weighted by molar-refractivity contribution is 7.90. The van der Waals surface area contributed by atoms with Crippen molar-refractivity contribution in [1.82, 2.24) is 4.72 Å². The molecule has 20 heavy (non-hydrogen) atoms. The Morgan fingerprint density at radius 3 is 2.75 bits per heavy atom. The lowest BCUT2D eigenvalue weighted by Gasteiger charge is -2.08. The Hall–Kier alpha value is -1.89. The molecule has 0 fully saturated rings. The van der Waals surface area contributed by atoms with Crippen molar-refractivity contribution in [3.8, 4) is 0 Å². The monoisotopic (exact) mass is 296 g/mol. The van der Waals surface area contributed by atoms with Gasteiger partial charge in [-0.1, -0.05) is 31.9 Å². The van der Waals surface area contributed by atoms with Gasteiger partial charge in [-0.25, -0.2) is 13.2 Å². The maximum atomic E-state index is 11.9. The van der Waals surface area contributed by atoms with Crippen molar-refractivity contribution in [3.05, 3.63) is 29.8 Å². The maximum Gasteiger partial charge on any atom is 0.328 e. The minimum Gasteiger partial charge on any atom is -0.480 e. The van der Waals surface area contributed by atoms with Crippen molar-refractivity contribution in [2.24, 2.45) is 4.99 Å². The van der Waals surface area contributed by atoms with Crippen molar-refractivity contribution in [2.45, 2.75) is 37.1 Å². The zero-order valence-corrected chi connectivity index (χ0v) is 11.9. The summed E-state index contributed by atoms with van der Waals surface area (Å²) in [7, 11) is -3.62. The standard InChI is InChI=1S/C13H16N2O4S/c1-2-3-7-10(13(16)17)14-12-9-6-4-5-8-11(9)20(18,19)15-12/h4-6,8,10H,2-3,7H2,1H3,(H,14,15)(H,16,17)/t10-/m0/s1. The first-order chi connectivity index (χ1) is 9.45. The van der Waals surface area contributed by atoms with E-state index in [1.54, 1.807) is 18.2 Å². The number of nitrogens with zero attached hydrogens (tertiary/aromatic N) is 1. The predicted octanol–water partition coefficient (Wildman–Crippen LogP) is 1.37. The number of aliphatic imine (C=N–C) groups is 1. The second kappa shape index (κ2) is 5.62. The lowest BCUT2D eigenvalue weighted by Crippen LogP contribution is -2.27. The topological polar surface area (TPSA) is 95.8 Å². The van der Waals surface area contributed by atoms with Gasteiger partial charge in [0.25, 0.3) is 10.0 Å². The third-order valence-corrected chi connectivity index (χ3v) is 4.46. The summed E-state index contributed by atoms with van der Waals surface area (Å²) in [6, 6.07) is 5.47. The van der Waals surface area contributed by atoms with Crippen LogP contribution in [-0.4, -0.2) is 31.4 Å². The van der Waals surface area contributed by atoms with Gasteiger partial charge in [-0.05, 0) is 18.6 Å². The Morgan fingerprint density at radius 1 is 1.40 bits per heavy atom. The van der Waals surface area contributed by atoms with Crippen LogP contribution in [-0.2, 0) is 14.8 Å². The molecule has 0 saturated carbocycles. The van der Waals surface area contributed by atoms with Crippen molar-refractivity contribution in [1.29, 1.82) is 0 Å². The van der Waals surface area contributed by atoms with Crippen molar-refractivity contribution < 1.29 is 18.3 Å². The minimum absolute atomic E-state index is 0.115.